The maximum atomic E-state index is 13.8. The number of hydrogen-bond donors (Lipinski definition) is 1. The zero-order chi connectivity index (χ0) is 24.5. The van der Waals surface area contributed by atoms with E-state index in [4.69, 9.17) is 4.52 Å². The average Bonchev–Trinajstić information content (AvgIpc) is 3.34. The molecule has 0 radical (unpaired) electrons. The molecule has 1 aliphatic rings. The van der Waals surface area contributed by atoms with Gasteiger partial charge in [-0.3, -0.25) is 4.90 Å². The maximum absolute atomic E-state index is 13.8. The minimum atomic E-state index is -0.491. The third-order valence-electron chi connectivity index (χ3n) is 6.21. The normalized spacial score (nSPS) is 15.9. The summed E-state index contributed by atoms with van der Waals surface area (Å²) in [4.78, 5) is 19.6. The predicted molar refractivity (Wildman–Crippen MR) is 133 cm³/mol. The van der Waals surface area contributed by atoms with Gasteiger partial charge in [0.2, 0.25) is 5.82 Å². The average molecular weight is 469 g/mol. The lowest BCUT2D eigenvalue weighted by Gasteiger charge is -2.35. The Morgan fingerprint density at radius 2 is 1.80 bits per heavy atom. The third kappa shape index (κ3) is 4.33. The number of rotatable bonds is 5. The van der Waals surface area contributed by atoms with Crippen LogP contribution in [-0.4, -0.2) is 16.2 Å². The van der Waals surface area contributed by atoms with E-state index in [0.29, 0.717) is 16.8 Å². The van der Waals surface area contributed by atoms with Crippen LogP contribution in [0.2, 0.25) is 0 Å². The van der Waals surface area contributed by atoms with E-state index in [9.17, 15) is 9.18 Å². The summed E-state index contributed by atoms with van der Waals surface area (Å²) in [6.45, 7) is 5.96. The fraction of sp³-hybridized carbons (Fsp3) is 0.179. The van der Waals surface area contributed by atoms with E-state index in [1.54, 1.807) is 17.0 Å². The van der Waals surface area contributed by atoms with Crippen LogP contribution in [0.5, 0.6) is 0 Å². The number of aromatic nitrogens is 2. The number of anilines is 1. The molecule has 0 fully saturated rings. The lowest BCUT2D eigenvalue weighted by atomic mass is 9.94. The molecule has 1 atom stereocenters. The van der Waals surface area contributed by atoms with Gasteiger partial charge in [0.1, 0.15) is 5.82 Å². The molecule has 0 aliphatic carbocycles. The Balaban J connectivity index is 1.66. The quantitative estimate of drug-likeness (QED) is 0.365. The molecular formula is C28H25FN4O2. The predicted octanol–water partition coefficient (Wildman–Crippen LogP) is 6.45. The number of carbonyl (C=O) groups excluding carboxylic acids is 1. The van der Waals surface area contributed by atoms with E-state index in [0.717, 1.165) is 28.8 Å². The van der Waals surface area contributed by atoms with E-state index in [2.05, 4.69) is 22.4 Å². The number of benzene rings is 3. The zero-order valence-electron chi connectivity index (χ0n) is 19.7. The number of hydrogen-bond acceptors (Lipinski definition) is 4. The Morgan fingerprint density at radius 3 is 2.54 bits per heavy atom. The summed E-state index contributed by atoms with van der Waals surface area (Å²) in [5.41, 5.74) is 5.76. The number of amides is 2. The first-order chi connectivity index (χ1) is 16.9. The molecule has 1 aromatic heterocycles. The van der Waals surface area contributed by atoms with E-state index >= 15 is 0 Å². The van der Waals surface area contributed by atoms with Gasteiger partial charge in [0.15, 0.2) is 0 Å². The van der Waals surface area contributed by atoms with Crippen LogP contribution in [0.1, 0.15) is 42.5 Å². The lowest BCUT2D eigenvalue weighted by molar-refractivity contribution is 0.244. The van der Waals surface area contributed by atoms with Gasteiger partial charge in [-0.15, -0.1) is 0 Å². The van der Waals surface area contributed by atoms with Crippen LogP contribution in [0.25, 0.3) is 17.0 Å². The Labute approximate surface area is 203 Å². The van der Waals surface area contributed by atoms with Crippen molar-refractivity contribution in [3.8, 4) is 11.4 Å². The van der Waals surface area contributed by atoms with Gasteiger partial charge in [0.05, 0.1) is 17.3 Å². The highest BCUT2D eigenvalue weighted by atomic mass is 19.1. The van der Waals surface area contributed by atoms with E-state index in [-0.39, 0.29) is 23.6 Å². The molecule has 1 N–H and O–H groups in total. The van der Waals surface area contributed by atoms with E-state index < -0.39 is 6.04 Å². The first kappa shape index (κ1) is 22.5. The number of carbonyl (C=O) groups is 1. The monoisotopic (exact) mass is 468 g/mol. The summed E-state index contributed by atoms with van der Waals surface area (Å²) in [6.07, 6.45) is 0.853. The number of allylic oxidation sites excluding steroid dienone is 1. The fourth-order valence-electron chi connectivity index (χ4n) is 4.33. The maximum Gasteiger partial charge on any atom is 0.326 e. The highest BCUT2D eigenvalue weighted by Gasteiger charge is 2.36. The molecule has 2 heterocycles. The largest absolute Gasteiger partial charge is 0.334 e. The molecule has 3 aromatic carbocycles. The summed E-state index contributed by atoms with van der Waals surface area (Å²) in [5.74, 6) is 0.163. The topological polar surface area (TPSA) is 71.3 Å². The van der Waals surface area contributed by atoms with Gasteiger partial charge in [0.25, 0.3) is 5.89 Å². The fourth-order valence-corrected chi connectivity index (χ4v) is 4.33. The lowest BCUT2D eigenvalue weighted by Crippen LogP contribution is -2.46. The second kappa shape index (κ2) is 9.18. The summed E-state index contributed by atoms with van der Waals surface area (Å²) >= 11 is 0. The molecule has 0 bridgehead atoms. The molecule has 1 aliphatic heterocycles. The van der Waals surface area contributed by atoms with Crippen molar-refractivity contribution in [3.05, 3.63) is 107 Å². The zero-order valence-corrected chi connectivity index (χ0v) is 19.7. The van der Waals surface area contributed by atoms with Gasteiger partial charge in [-0.25, -0.2) is 9.18 Å². The van der Waals surface area contributed by atoms with Crippen molar-refractivity contribution in [1.82, 2.24) is 15.5 Å². The summed E-state index contributed by atoms with van der Waals surface area (Å²) in [5, 5.41) is 7.22. The van der Waals surface area contributed by atoms with Crippen LogP contribution < -0.4 is 10.2 Å². The molecule has 0 saturated heterocycles. The number of urea groups is 1. The second-order valence-corrected chi connectivity index (χ2v) is 8.58. The smallest absolute Gasteiger partial charge is 0.326 e. The van der Waals surface area contributed by atoms with E-state index in [1.807, 2.05) is 62.4 Å². The van der Waals surface area contributed by atoms with Crippen molar-refractivity contribution in [3.63, 3.8) is 0 Å². The molecule has 4 aromatic rings. The number of nitrogens with zero attached hydrogens (tertiary/aromatic N) is 3. The summed E-state index contributed by atoms with van der Waals surface area (Å²) in [6, 6.07) is 21.1. The Kier molecular flexibility index (Phi) is 5.91. The van der Waals surface area contributed by atoms with Crippen molar-refractivity contribution in [2.24, 2.45) is 0 Å². The molecule has 176 valence electrons. The first-order valence-corrected chi connectivity index (χ1v) is 11.5. The highest BCUT2D eigenvalue weighted by Crippen LogP contribution is 2.39. The molecule has 6 nitrogen and oxygen atoms in total. The molecular weight excluding hydrogens is 443 g/mol. The van der Waals surface area contributed by atoms with Crippen LogP contribution in [0, 0.1) is 12.7 Å². The summed E-state index contributed by atoms with van der Waals surface area (Å²) < 4.78 is 19.5. The van der Waals surface area contributed by atoms with Crippen LogP contribution in [0.15, 0.2) is 83.0 Å². The van der Waals surface area contributed by atoms with Gasteiger partial charge >= 0.3 is 6.03 Å². The van der Waals surface area contributed by atoms with E-state index in [1.165, 1.54) is 12.1 Å². The molecule has 7 heteroatoms. The van der Waals surface area contributed by atoms with Crippen LogP contribution >= 0.6 is 0 Å². The number of nitrogens with one attached hydrogen (secondary N) is 1. The van der Waals surface area contributed by atoms with Crippen molar-refractivity contribution in [2.75, 3.05) is 4.90 Å². The van der Waals surface area contributed by atoms with Crippen LogP contribution in [0.3, 0.4) is 0 Å². The Morgan fingerprint density at radius 1 is 1.03 bits per heavy atom. The Hall–Kier alpha value is -4.26. The van der Waals surface area contributed by atoms with Crippen LogP contribution in [-0.2, 0) is 6.42 Å². The van der Waals surface area contributed by atoms with Gasteiger partial charge in [0, 0.05) is 11.3 Å². The minimum Gasteiger partial charge on any atom is -0.334 e. The third-order valence-corrected chi connectivity index (χ3v) is 6.21. The second-order valence-electron chi connectivity index (χ2n) is 8.58. The van der Waals surface area contributed by atoms with Crippen LogP contribution in [0.4, 0.5) is 14.9 Å². The van der Waals surface area contributed by atoms with Crippen molar-refractivity contribution in [1.29, 1.82) is 0 Å². The van der Waals surface area contributed by atoms with Crippen molar-refractivity contribution < 1.29 is 13.7 Å². The van der Waals surface area contributed by atoms with Crippen molar-refractivity contribution in [2.45, 2.75) is 33.2 Å². The van der Waals surface area contributed by atoms with Gasteiger partial charge in [-0.05, 0) is 55.7 Å². The van der Waals surface area contributed by atoms with Gasteiger partial charge in [-0.1, -0.05) is 66.2 Å². The molecule has 0 saturated carbocycles. The molecule has 1 unspecified atom stereocenters. The first-order valence-electron chi connectivity index (χ1n) is 11.5. The molecule has 0 spiro atoms. The number of halogens is 1. The summed E-state index contributed by atoms with van der Waals surface area (Å²) in [7, 11) is 0. The minimum absolute atomic E-state index is 0.241. The number of aryl methyl sites for hydroxylation is 2. The van der Waals surface area contributed by atoms with Crippen molar-refractivity contribution >= 4 is 17.3 Å². The Bertz CT molecular complexity index is 1420. The molecule has 2 amide bonds. The van der Waals surface area contributed by atoms with Gasteiger partial charge < -0.3 is 9.84 Å². The standard InChI is InChI=1S/C28H25FN4O2/c1-4-19-7-5-10-23(15-19)33-18(3)24(25(30-28(33)34)20-13-11-17(2)12-14-20)27-31-26(32-35-27)21-8-6-9-22(29)16-21/h5-16,25H,4H2,1-3H3,(H,30,34). The molecule has 5 rings (SSSR count). The van der Waals surface area contributed by atoms with Gasteiger partial charge in [-0.2, -0.15) is 4.98 Å². The SMILES string of the molecule is CCc1cccc(N2C(=O)NC(c3ccc(C)cc3)C(c3nc(-c4cccc(F)c4)no3)=C2C)c1. The molecule has 35 heavy (non-hydrogen) atoms. The highest BCUT2D eigenvalue weighted by molar-refractivity contribution is 6.01.